The molecule has 1 atom stereocenters. The number of aliphatic hydroxyl groups is 1. The van der Waals surface area contributed by atoms with Gasteiger partial charge in [-0.1, -0.05) is 19.9 Å². The second-order valence-electron chi connectivity index (χ2n) is 4.86. The van der Waals surface area contributed by atoms with Gasteiger partial charge >= 0.3 is 0 Å². The maximum atomic E-state index is 10.4. The molecule has 1 aromatic carbocycles. The number of hydrogen-bond acceptors (Lipinski definition) is 4. The van der Waals surface area contributed by atoms with Gasteiger partial charge in [0.15, 0.2) is 11.5 Å². The van der Waals surface area contributed by atoms with Crippen molar-refractivity contribution in [1.29, 1.82) is 0 Å². The van der Waals surface area contributed by atoms with Gasteiger partial charge in [-0.3, -0.25) is 0 Å². The molecule has 0 saturated carbocycles. The molecule has 2 rings (SSSR count). The van der Waals surface area contributed by atoms with Crippen LogP contribution in [0.2, 0.25) is 0 Å². The Morgan fingerprint density at radius 1 is 1.00 bits per heavy atom. The molecule has 1 aromatic heterocycles. The Hall–Kier alpha value is -1.52. The fraction of sp³-hybridized carbons (Fsp3) is 0.412. The summed E-state index contributed by atoms with van der Waals surface area (Å²) in [5, 5.41) is 14.3. The molecule has 0 aliphatic carbocycles. The molecule has 1 N–H and O–H groups in total. The monoisotopic (exact) mass is 306 g/mol. The molecule has 0 aliphatic rings. The van der Waals surface area contributed by atoms with Crippen molar-refractivity contribution in [1.82, 2.24) is 0 Å². The van der Waals surface area contributed by atoms with Crippen molar-refractivity contribution in [2.24, 2.45) is 0 Å². The van der Waals surface area contributed by atoms with Gasteiger partial charge in [0.25, 0.3) is 0 Å². The second-order valence-corrected chi connectivity index (χ2v) is 5.64. The minimum Gasteiger partial charge on any atom is -0.490 e. The van der Waals surface area contributed by atoms with Crippen molar-refractivity contribution in [3.05, 3.63) is 46.2 Å². The lowest BCUT2D eigenvalue weighted by atomic mass is 10.0. The number of rotatable bonds is 8. The molecule has 21 heavy (non-hydrogen) atoms. The van der Waals surface area contributed by atoms with Gasteiger partial charge in [0.2, 0.25) is 0 Å². The highest BCUT2D eigenvalue weighted by molar-refractivity contribution is 7.07. The van der Waals surface area contributed by atoms with Gasteiger partial charge in [0.1, 0.15) is 6.10 Å². The molecular weight excluding hydrogens is 284 g/mol. The summed E-state index contributed by atoms with van der Waals surface area (Å²) in [4.78, 5) is 0. The van der Waals surface area contributed by atoms with E-state index in [1.54, 1.807) is 11.3 Å². The topological polar surface area (TPSA) is 38.7 Å². The van der Waals surface area contributed by atoms with Crippen LogP contribution in [-0.4, -0.2) is 18.3 Å². The summed E-state index contributed by atoms with van der Waals surface area (Å²) in [6.07, 6.45) is 1.26. The molecule has 2 aromatic rings. The highest BCUT2D eigenvalue weighted by Crippen LogP contribution is 2.33. The van der Waals surface area contributed by atoms with Crippen LogP contribution in [0.4, 0.5) is 0 Å². The Morgan fingerprint density at radius 3 is 2.33 bits per heavy atom. The lowest BCUT2D eigenvalue weighted by molar-refractivity contribution is 0.218. The van der Waals surface area contributed by atoms with E-state index in [2.05, 4.69) is 13.8 Å². The molecular formula is C17H22O3S. The first kappa shape index (κ1) is 15.9. The third-order valence-corrected chi connectivity index (χ3v) is 3.77. The van der Waals surface area contributed by atoms with Crippen LogP contribution in [0.3, 0.4) is 0 Å². The predicted octanol–water partition coefficient (Wildman–Crippen LogP) is 4.41. The fourth-order valence-electron chi connectivity index (χ4n) is 1.97. The summed E-state index contributed by atoms with van der Waals surface area (Å²) in [5.41, 5.74) is 1.73. The zero-order chi connectivity index (χ0) is 15.1. The summed E-state index contributed by atoms with van der Waals surface area (Å²) in [7, 11) is 0. The van der Waals surface area contributed by atoms with E-state index < -0.39 is 6.10 Å². The largest absolute Gasteiger partial charge is 0.490 e. The molecule has 4 heteroatoms. The van der Waals surface area contributed by atoms with Crippen LogP contribution in [0.1, 0.15) is 43.9 Å². The van der Waals surface area contributed by atoms with Crippen molar-refractivity contribution in [2.75, 3.05) is 13.2 Å². The summed E-state index contributed by atoms with van der Waals surface area (Å²) in [5.74, 6) is 1.45. The van der Waals surface area contributed by atoms with E-state index in [0.29, 0.717) is 19.0 Å². The zero-order valence-corrected chi connectivity index (χ0v) is 13.4. The van der Waals surface area contributed by atoms with Crippen molar-refractivity contribution in [3.63, 3.8) is 0 Å². The van der Waals surface area contributed by atoms with Gasteiger partial charge < -0.3 is 14.6 Å². The Labute approximate surface area is 130 Å². The fourth-order valence-corrected chi connectivity index (χ4v) is 2.65. The highest BCUT2D eigenvalue weighted by Gasteiger charge is 2.14. The molecule has 1 unspecified atom stereocenters. The standard InChI is InChI=1S/C17H22O3S/c1-3-8-19-15-6-5-13(11-16(15)20-9-4-2)17(18)14-7-10-21-12-14/h5-7,10-12,17-18H,3-4,8-9H2,1-2H3. The maximum Gasteiger partial charge on any atom is 0.161 e. The van der Waals surface area contributed by atoms with Crippen molar-refractivity contribution < 1.29 is 14.6 Å². The van der Waals surface area contributed by atoms with Crippen molar-refractivity contribution in [3.8, 4) is 11.5 Å². The van der Waals surface area contributed by atoms with Crippen LogP contribution in [0.5, 0.6) is 11.5 Å². The normalized spacial score (nSPS) is 12.1. The average molecular weight is 306 g/mol. The van der Waals surface area contributed by atoms with Gasteiger partial charge in [-0.25, -0.2) is 0 Å². The number of thiophene rings is 1. The minimum absolute atomic E-state index is 0.625. The van der Waals surface area contributed by atoms with Gasteiger partial charge in [-0.05, 0) is 52.9 Å². The third kappa shape index (κ3) is 4.22. The molecule has 0 saturated heterocycles. The van der Waals surface area contributed by atoms with Crippen LogP contribution in [0.25, 0.3) is 0 Å². The average Bonchev–Trinajstić information content (AvgIpc) is 3.04. The summed E-state index contributed by atoms with van der Waals surface area (Å²) in [6.45, 7) is 5.44. The Morgan fingerprint density at radius 2 is 1.71 bits per heavy atom. The third-order valence-electron chi connectivity index (χ3n) is 3.07. The Kier molecular flexibility index (Phi) is 6.08. The summed E-state index contributed by atoms with van der Waals surface area (Å²) in [6, 6.07) is 7.59. The van der Waals surface area contributed by atoms with Crippen LogP contribution < -0.4 is 9.47 Å². The molecule has 114 valence electrons. The molecule has 3 nitrogen and oxygen atoms in total. The van der Waals surface area contributed by atoms with E-state index in [4.69, 9.17) is 9.47 Å². The summed E-state index contributed by atoms with van der Waals surface area (Å²) < 4.78 is 11.5. The van der Waals surface area contributed by atoms with Gasteiger partial charge in [0, 0.05) is 0 Å². The minimum atomic E-state index is -0.625. The first-order chi connectivity index (χ1) is 10.3. The maximum absolute atomic E-state index is 10.4. The molecule has 0 aliphatic heterocycles. The number of benzene rings is 1. The second kappa shape index (κ2) is 8.05. The quantitative estimate of drug-likeness (QED) is 0.785. The predicted molar refractivity (Wildman–Crippen MR) is 86.4 cm³/mol. The van der Waals surface area contributed by atoms with Crippen LogP contribution >= 0.6 is 11.3 Å². The lowest BCUT2D eigenvalue weighted by Crippen LogP contribution is -2.04. The smallest absolute Gasteiger partial charge is 0.161 e. The highest BCUT2D eigenvalue weighted by atomic mass is 32.1. The number of aliphatic hydroxyl groups excluding tert-OH is 1. The molecule has 0 radical (unpaired) electrons. The molecule has 0 spiro atoms. The van der Waals surface area contributed by atoms with Crippen LogP contribution in [0.15, 0.2) is 35.0 Å². The van der Waals surface area contributed by atoms with E-state index in [1.807, 2.05) is 35.0 Å². The first-order valence-electron chi connectivity index (χ1n) is 7.36. The van der Waals surface area contributed by atoms with E-state index in [1.165, 1.54) is 0 Å². The van der Waals surface area contributed by atoms with Crippen LogP contribution in [-0.2, 0) is 0 Å². The van der Waals surface area contributed by atoms with Crippen LogP contribution in [0, 0.1) is 0 Å². The lowest BCUT2D eigenvalue weighted by Gasteiger charge is -2.16. The molecule has 1 heterocycles. The van der Waals surface area contributed by atoms with E-state index in [0.717, 1.165) is 29.7 Å². The van der Waals surface area contributed by atoms with Gasteiger partial charge in [-0.2, -0.15) is 11.3 Å². The van der Waals surface area contributed by atoms with Crippen molar-refractivity contribution >= 4 is 11.3 Å². The summed E-state index contributed by atoms with van der Waals surface area (Å²) >= 11 is 1.58. The first-order valence-corrected chi connectivity index (χ1v) is 8.30. The SMILES string of the molecule is CCCOc1ccc(C(O)c2ccsc2)cc1OCCC. The molecule has 0 fully saturated rings. The van der Waals surface area contributed by atoms with Gasteiger partial charge in [-0.15, -0.1) is 0 Å². The Balaban J connectivity index is 2.22. The van der Waals surface area contributed by atoms with Gasteiger partial charge in [0.05, 0.1) is 13.2 Å². The number of ether oxygens (including phenoxy) is 2. The number of hydrogen-bond donors (Lipinski definition) is 1. The van der Waals surface area contributed by atoms with Crippen molar-refractivity contribution in [2.45, 2.75) is 32.8 Å². The molecule has 0 bridgehead atoms. The van der Waals surface area contributed by atoms with E-state index in [9.17, 15) is 5.11 Å². The van der Waals surface area contributed by atoms with E-state index >= 15 is 0 Å². The Bertz CT molecular complexity index is 537. The van der Waals surface area contributed by atoms with E-state index in [-0.39, 0.29) is 0 Å². The molecule has 0 amide bonds. The zero-order valence-electron chi connectivity index (χ0n) is 12.5.